The summed E-state index contributed by atoms with van der Waals surface area (Å²) in [4.78, 5) is 11.2. The van der Waals surface area contributed by atoms with Gasteiger partial charge in [0.15, 0.2) is 0 Å². The normalized spacial score (nSPS) is 16.3. The topological polar surface area (TPSA) is 69.7 Å². The van der Waals surface area contributed by atoms with E-state index in [-0.39, 0.29) is 0 Å². The van der Waals surface area contributed by atoms with Crippen molar-refractivity contribution in [2.24, 2.45) is 0 Å². The molecule has 2 aromatic heterocycles. The maximum Gasteiger partial charge on any atom is 0.244 e. The van der Waals surface area contributed by atoms with Crippen LogP contribution in [-0.2, 0) is 12.8 Å². The van der Waals surface area contributed by atoms with E-state index >= 15 is 0 Å². The Balaban J connectivity index is 1.54. The van der Waals surface area contributed by atoms with Crippen LogP contribution in [0.25, 0.3) is 0 Å². The minimum absolute atomic E-state index is 0.629. The van der Waals surface area contributed by atoms with Gasteiger partial charge in [-0.3, -0.25) is 10.1 Å². The molecule has 3 rings (SSSR count). The van der Waals surface area contributed by atoms with Gasteiger partial charge < -0.3 is 10.2 Å². The molecule has 0 unspecified atom stereocenters. The molecule has 1 aliphatic heterocycles. The van der Waals surface area contributed by atoms with Gasteiger partial charge in [0.25, 0.3) is 0 Å². The number of H-pyrrole nitrogens is 1. The standard InChI is InChI=1S/C15H22N6/c1-16-12-7-10-21(11-8-12)15-18-14(19-20-15)6-5-13-4-2-3-9-17-13/h2-4,9,12,16H,5-8,10-11H2,1H3,(H,18,19,20). The lowest BCUT2D eigenvalue weighted by atomic mass is 10.1. The number of aromatic amines is 1. The summed E-state index contributed by atoms with van der Waals surface area (Å²) >= 11 is 0. The Labute approximate surface area is 125 Å². The summed E-state index contributed by atoms with van der Waals surface area (Å²) in [6.07, 6.45) is 5.85. The molecule has 1 aliphatic rings. The largest absolute Gasteiger partial charge is 0.339 e. The number of anilines is 1. The average Bonchev–Trinajstić information content (AvgIpc) is 3.03. The number of aryl methyl sites for hydroxylation is 2. The molecule has 0 amide bonds. The fraction of sp³-hybridized carbons (Fsp3) is 0.533. The predicted molar refractivity (Wildman–Crippen MR) is 82.3 cm³/mol. The van der Waals surface area contributed by atoms with Gasteiger partial charge in [-0.05, 0) is 38.4 Å². The summed E-state index contributed by atoms with van der Waals surface area (Å²) in [6, 6.07) is 6.62. The van der Waals surface area contributed by atoms with E-state index in [2.05, 4.69) is 30.4 Å². The van der Waals surface area contributed by atoms with Crippen molar-refractivity contribution >= 4 is 5.95 Å². The SMILES string of the molecule is CNC1CCN(c2n[nH]c(CCc3ccccn3)n2)CC1. The number of hydrogen-bond donors (Lipinski definition) is 2. The zero-order valence-corrected chi connectivity index (χ0v) is 12.4. The molecular formula is C15H22N6. The lowest BCUT2D eigenvalue weighted by Gasteiger charge is -2.30. The third-order valence-corrected chi connectivity index (χ3v) is 4.05. The fourth-order valence-electron chi connectivity index (χ4n) is 2.70. The van der Waals surface area contributed by atoms with Crippen LogP contribution in [0.15, 0.2) is 24.4 Å². The second kappa shape index (κ2) is 6.67. The highest BCUT2D eigenvalue weighted by atomic mass is 15.4. The number of pyridine rings is 1. The van der Waals surface area contributed by atoms with Gasteiger partial charge in [0.1, 0.15) is 5.82 Å². The molecule has 2 N–H and O–H groups in total. The van der Waals surface area contributed by atoms with Crippen molar-refractivity contribution in [3.05, 3.63) is 35.9 Å². The van der Waals surface area contributed by atoms with Crippen molar-refractivity contribution in [3.63, 3.8) is 0 Å². The fourth-order valence-corrected chi connectivity index (χ4v) is 2.70. The Bertz CT molecular complexity index is 544. The van der Waals surface area contributed by atoms with Gasteiger partial charge in [0.05, 0.1) is 0 Å². The molecule has 2 aromatic rings. The smallest absolute Gasteiger partial charge is 0.244 e. The first-order valence-corrected chi connectivity index (χ1v) is 7.58. The number of piperidine rings is 1. The Kier molecular flexibility index (Phi) is 4.45. The number of nitrogens with zero attached hydrogens (tertiary/aromatic N) is 4. The molecule has 1 fully saturated rings. The highest BCUT2D eigenvalue weighted by Crippen LogP contribution is 2.16. The summed E-state index contributed by atoms with van der Waals surface area (Å²) < 4.78 is 0. The third kappa shape index (κ3) is 3.58. The van der Waals surface area contributed by atoms with Crippen molar-refractivity contribution in [3.8, 4) is 0 Å². The molecule has 0 aliphatic carbocycles. The minimum atomic E-state index is 0.629. The summed E-state index contributed by atoms with van der Waals surface area (Å²) in [5.41, 5.74) is 1.09. The molecule has 0 radical (unpaired) electrons. The lowest BCUT2D eigenvalue weighted by molar-refractivity contribution is 0.439. The van der Waals surface area contributed by atoms with Gasteiger partial charge >= 0.3 is 0 Å². The summed E-state index contributed by atoms with van der Waals surface area (Å²) in [5, 5.41) is 10.7. The van der Waals surface area contributed by atoms with E-state index in [1.54, 1.807) is 0 Å². The van der Waals surface area contributed by atoms with Gasteiger partial charge in [-0.2, -0.15) is 4.98 Å². The molecule has 21 heavy (non-hydrogen) atoms. The van der Waals surface area contributed by atoms with Gasteiger partial charge in [-0.1, -0.05) is 6.07 Å². The summed E-state index contributed by atoms with van der Waals surface area (Å²) in [5.74, 6) is 1.77. The van der Waals surface area contributed by atoms with Gasteiger partial charge in [0, 0.05) is 37.4 Å². The first-order valence-electron chi connectivity index (χ1n) is 7.58. The molecule has 6 heteroatoms. The van der Waals surface area contributed by atoms with Crippen LogP contribution in [0.5, 0.6) is 0 Å². The Morgan fingerprint density at radius 2 is 2.14 bits per heavy atom. The average molecular weight is 286 g/mol. The molecule has 0 saturated carbocycles. The summed E-state index contributed by atoms with van der Waals surface area (Å²) in [7, 11) is 2.03. The van der Waals surface area contributed by atoms with Crippen LogP contribution in [0.3, 0.4) is 0 Å². The zero-order valence-electron chi connectivity index (χ0n) is 12.4. The van der Waals surface area contributed by atoms with Crippen molar-refractivity contribution in [2.45, 2.75) is 31.7 Å². The van der Waals surface area contributed by atoms with Crippen LogP contribution in [-0.4, -0.2) is 46.3 Å². The third-order valence-electron chi connectivity index (χ3n) is 4.05. The molecule has 6 nitrogen and oxygen atoms in total. The van der Waals surface area contributed by atoms with Gasteiger partial charge in [0.2, 0.25) is 5.95 Å². The molecule has 112 valence electrons. The molecule has 0 bridgehead atoms. The highest BCUT2D eigenvalue weighted by Gasteiger charge is 2.20. The van der Waals surface area contributed by atoms with Crippen LogP contribution < -0.4 is 10.2 Å². The monoisotopic (exact) mass is 286 g/mol. The maximum atomic E-state index is 4.61. The second-order valence-corrected chi connectivity index (χ2v) is 5.45. The van der Waals surface area contributed by atoms with E-state index in [4.69, 9.17) is 0 Å². The van der Waals surface area contributed by atoms with E-state index in [1.807, 2.05) is 31.4 Å². The van der Waals surface area contributed by atoms with E-state index in [1.165, 1.54) is 0 Å². The van der Waals surface area contributed by atoms with Crippen molar-refractivity contribution in [1.82, 2.24) is 25.5 Å². The molecule has 0 aromatic carbocycles. The quantitative estimate of drug-likeness (QED) is 0.863. The first-order chi connectivity index (χ1) is 10.3. The molecule has 3 heterocycles. The van der Waals surface area contributed by atoms with Crippen LogP contribution in [0.4, 0.5) is 5.95 Å². The van der Waals surface area contributed by atoms with Crippen LogP contribution in [0, 0.1) is 0 Å². The number of nitrogens with one attached hydrogen (secondary N) is 2. The predicted octanol–water partition coefficient (Wildman–Crippen LogP) is 1.17. The van der Waals surface area contributed by atoms with E-state index in [9.17, 15) is 0 Å². The van der Waals surface area contributed by atoms with Crippen LogP contribution in [0.2, 0.25) is 0 Å². The maximum absolute atomic E-state index is 4.61. The lowest BCUT2D eigenvalue weighted by Crippen LogP contribution is -2.41. The zero-order chi connectivity index (χ0) is 14.5. The molecular weight excluding hydrogens is 264 g/mol. The van der Waals surface area contributed by atoms with E-state index < -0.39 is 0 Å². The van der Waals surface area contributed by atoms with E-state index in [0.29, 0.717) is 6.04 Å². The second-order valence-electron chi connectivity index (χ2n) is 5.45. The van der Waals surface area contributed by atoms with Crippen LogP contribution >= 0.6 is 0 Å². The van der Waals surface area contributed by atoms with Gasteiger partial charge in [-0.15, -0.1) is 5.10 Å². The van der Waals surface area contributed by atoms with Crippen molar-refractivity contribution in [1.29, 1.82) is 0 Å². The number of hydrogen-bond acceptors (Lipinski definition) is 5. The van der Waals surface area contributed by atoms with E-state index in [0.717, 1.165) is 56.2 Å². The first kappa shape index (κ1) is 14.0. The molecule has 0 atom stereocenters. The minimum Gasteiger partial charge on any atom is -0.339 e. The van der Waals surface area contributed by atoms with Gasteiger partial charge in [-0.25, -0.2) is 0 Å². The Hall–Kier alpha value is -1.95. The Morgan fingerprint density at radius 1 is 1.29 bits per heavy atom. The highest BCUT2D eigenvalue weighted by molar-refractivity contribution is 5.29. The van der Waals surface area contributed by atoms with Crippen molar-refractivity contribution < 1.29 is 0 Å². The number of aromatic nitrogens is 4. The molecule has 1 saturated heterocycles. The van der Waals surface area contributed by atoms with Crippen molar-refractivity contribution in [2.75, 3.05) is 25.0 Å². The summed E-state index contributed by atoms with van der Waals surface area (Å²) in [6.45, 7) is 2.03. The number of rotatable bonds is 5. The Morgan fingerprint density at radius 3 is 2.86 bits per heavy atom. The van der Waals surface area contributed by atoms with Crippen LogP contribution in [0.1, 0.15) is 24.4 Å². The molecule has 0 spiro atoms.